The summed E-state index contributed by atoms with van der Waals surface area (Å²) in [5.41, 5.74) is 1.06. The van der Waals surface area contributed by atoms with Crippen LogP contribution in [-0.4, -0.2) is 50.4 Å². The fraction of sp³-hybridized carbons (Fsp3) is 0.321. The highest BCUT2D eigenvalue weighted by molar-refractivity contribution is 6.07. The summed E-state index contributed by atoms with van der Waals surface area (Å²) >= 11 is 0. The maximum atomic E-state index is 13.7. The smallest absolute Gasteiger partial charge is 0.416 e. The van der Waals surface area contributed by atoms with Gasteiger partial charge in [-0.05, 0) is 69.7 Å². The van der Waals surface area contributed by atoms with Crippen molar-refractivity contribution in [1.82, 2.24) is 19.7 Å². The molecule has 0 fully saturated rings. The molecule has 0 N–H and O–H groups in total. The summed E-state index contributed by atoms with van der Waals surface area (Å²) in [7, 11) is 0. The molecule has 0 unspecified atom stereocenters. The van der Waals surface area contributed by atoms with Crippen molar-refractivity contribution in [3.8, 4) is 17.1 Å². The molecule has 0 spiro atoms. The van der Waals surface area contributed by atoms with Crippen molar-refractivity contribution < 1.29 is 32.2 Å². The van der Waals surface area contributed by atoms with Crippen molar-refractivity contribution in [2.45, 2.75) is 46.0 Å². The molecule has 0 atom stereocenters. The van der Waals surface area contributed by atoms with Gasteiger partial charge in [0.15, 0.2) is 17.3 Å². The maximum absolute atomic E-state index is 13.7. The van der Waals surface area contributed by atoms with Crippen LogP contribution in [0.15, 0.2) is 48.8 Å². The van der Waals surface area contributed by atoms with Crippen LogP contribution < -0.4 is 9.64 Å². The summed E-state index contributed by atoms with van der Waals surface area (Å²) in [6.07, 6.45) is -1.69. The van der Waals surface area contributed by atoms with E-state index in [1.807, 2.05) is 6.92 Å². The van der Waals surface area contributed by atoms with Gasteiger partial charge in [0.2, 0.25) is 0 Å². The fourth-order valence-electron chi connectivity index (χ4n) is 4.46. The van der Waals surface area contributed by atoms with Crippen molar-refractivity contribution in [3.63, 3.8) is 0 Å². The molecule has 3 heterocycles. The summed E-state index contributed by atoms with van der Waals surface area (Å²) in [4.78, 5) is 36.3. The Morgan fingerprint density at radius 2 is 1.88 bits per heavy atom. The Bertz CT molecular complexity index is 1620. The number of hydrogen-bond acceptors (Lipinski definition) is 7. The van der Waals surface area contributed by atoms with Gasteiger partial charge in [0, 0.05) is 22.8 Å². The lowest BCUT2D eigenvalue weighted by molar-refractivity contribution is -0.155. The van der Waals surface area contributed by atoms with E-state index < -0.39 is 23.3 Å². The Labute approximate surface area is 227 Å². The molecule has 0 bridgehead atoms. The Hall–Kier alpha value is -4.48. The Morgan fingerprint density at radius 1 is 1.10 bits per heavy atom. The minimum Gasteiger partial charge on any atom is -0.488 e. The molecule has 0 radical (unpaired) electrons. The number of alkyl halides is 3. The van der Waals surface area contributed by atoms with Crippen molar-refractivity contribution in [3.05, 3.63) is 65.6 Å². The first-order valence-corrected chi connectivity index (χ1v) is 12.5. The molecule has 1 amide bonds. The third-order valence-electron chi connectivity index (χ3n) is 6.18. The minimum atomic E-state index is -4.45. The largest absolute Gasteiger partial charge is 0.488 e. The van der Waals surface area contributed by atoms with Gasteiger partial charge in [-0.25, -0.2) is 14.6 Å². The van der Waals surface area contributed by atoms with Gasteiger partial charge in [-0.2, -0.15) is 18.3 Å². The van der Waals surface area contributed by atoms with Crippen LogP contribution in [0.3, 0.4) is 0 Å². The van der Waals surface area contributed by atoms with Crippen LogP contribution in [0.4, 0.5) is 18.9 Å². The quantitative estimate of drug-likeness (QED) is 0.320. The first kappa shape index (κ1) is 27.1. The summed E-state index contributed by atoms with van der Waals surface area (Å²) in [5.74, 6) is -0.298. The molecule has 0 aliphatic carbocycles. The van der Waals surface area contributed by atoms with E-state index in [4.69, 9.17) is 9.47 Å². The number of rotatable bonds is 4. The maximum Gasteiger partial charge on any atom is 0.416 e. The monoisotopic (exact) mass is 553 g/mol. The highest BCUT2D eigenvalue weighted by Gasteiger charge is 2.32. The molecule has 1 aliphatic heterocycles. The van der Waals surface area contributed by atoms with Crippen LogP contribution in [0.2, 0.25) is 0 Å². The van der Waals surface area contributed by atoms with E-state index in [1.165, 1.54) is 23.1 Å². The number of fused-ring (bicyclic) bond motifs is 2. The zero-order valence-corrected chi connectivity index (χ0v) is 22.2. The van der Waals surface area contributed by atoms with Gasteiger partial charge < -0.3 is 14.4 Å². The van der Waals surface area contributed by atoms with E-state index in [0.717, 1.165) is 17.7 Å². The van der Waals surface area contributed by atoms with Gasteiger partial charge in [-0.1, -0.05) is 0 Å². The summed E-state index contributed by atoms with van der Waals surface area (Å²) in [6, 6.07) is 8.62. The SMILES string of the molecule is Cc1cc(-c2ncc3cc(C(F)(F)F)ccc3n2)ccc1N1CCOc2cnn(CC(=O)OC(C)(C)C)c2C1=O. The second kappa shape index (κ2) is 9.92. The van der Waals surface area contributed by atoms with Gasteiger partial charge in [0.05, 0.1) is 23.8 Å². The summed E-state index contributed by atoms with van der Waals surface area (Å²) in [6.45, 7) is 7.31. The van der Waals surface area contributed by atoms with Crippen molar-refractivity contribution in [2.75, 3.05) is 18.1 Å². The number of amides is 1. The highest BCUT2D eigenvalue weighted by Crippen LogP contribution is 2.33. The van der Waals surface area contributed by atoms with Crippen molar-refractivity contribution in [2.24, 2.45) is 0 Å². The highest BCUT2D eigenvalue weighted by atomic mass is 19.4. The average Bonchev–Trinajstić information content (AvgIpc) is 3.18. The lowest BCUT2D eigenvalue weighted by Crippen LogP contribution is -2.35. The number of ether oxygens (including phenoxy) is 2. The number of anilines is 1. The Kier molecular flexibility index (Phi) is 6.72. The van der Waals surface area contributed by atoms with Gasteiger partial charge in [-0.15, -0.1) is 0 Å². The van der Waals surface area contributed by atoms with E-state index in [2.05, 4.69) is 15.1 Å². The molecule has 2 aromatic carbocycles. The Balaban J connectivity index is 1.42. The second-order valence-electron chi connectivity index (χ2n) is 10.4. The number of aromatic nitrogens is 4. The molecule has 0 saturated carbocycles. The Morgan fingerprint density at radius 3 is 2.58 bits per heavy atom. The zero-order chi connectivity index (χ0) is 28.8. The van der Waals surface area contributed by atoms with E-state index in [9.17, 15) is 22.8 Å². The lowest BCUT2D eigenvalue weighted by atomic mass is 10.1. The van der Waals surface area contributed by atoms with E-state index in [-0.39, 0.29) is 42.4 Å². The van der Waals surface area contributed by atoms with Crippen LogP contribution in [0.1, 0.15) is 42.4 Å². The number of aryl methyl sites for hydroxylation is 1. The van der Waals surface area contributed by atoms with Gasteiger partial charge in [-0.3, -0.25) is 9.59 Å². The van der Waals surface area contributed by atoms with Crippen LogP contribution in [-0.2, 0) is 22.3 Å². The first-order valence-electron chi connectivity index (χ1n) is 12.5. The first-order chi connectivity index (χ1) is 18.8. The van der Waals surface area contributed by atoms with E-state index in [1.54, 1.807) is 43.9 Å². The predicted molar refractivity (Wildman–Crippen MR) is 140 cm³/mol. The molecule has 5 rings (SSSR count). The number of carbonyl (C=O) groups is 2. The molecule has 12 heteroatoms. The number of esters is 1. The van der Waals surface area contributed by atoms with Crippen molar-refractivity contribution >= 4 is 28.5 Å². The van der Waals surface area contributed by atoms with Crippen LogP contribution in [0, 0.1) is 6.92 Å². The number of hydrogen-bond donors (Lipinski definition) is 0. The molecule has 4 aromatic rings. The minimum absolute atomic E-state index is 0.142. The number of benzene rings is 2. The molecule has 1 aliphatic rings. The van der Waals surface area contributed by atoms with Gasteiger partial charge in [0.1, 0.15) is 18.8 Å². The topological polar surface area (TPSA) is 99.4 Å². The standard InChI is InChI=1S/C28H26F3N5O4/c1-16-11-17(25-32-13-18-12-19(28(29,30)31)6-7-20(18)34-25)5-8-21(16)35-9-10-39-22-14-33-36(24(22)26(35)38)15-23(37)40-27(2,3)4/h5-8,11-14H,9-10,15H2,1-4H3. The molecule has 9 nitrogen and oxygen atoms in total. The molecule has 2 aromatic heterocycles. The lowest BCUT2D eigenvalue weighted by Gasteiger charge is -2.23. The number of carbonyl (C=O) groups excluding carboxylic acids is 2. The van der Waals surface area contributed by atoms with Crippen LogP contribution in [0.5, 0.6) is 5.75 Å². The fourth-order valence-corrected chi connectivity index (χ4v) is 4.46. The second-order valence-corrected chi connectivity index (χ2v) is 10.4. The third-order valence-corrected chi connectivity index (χ3v) is 6.18. The predicted octanol–water partition coefficient (Wildman–Crippen LogP) is 5.20. The van der Waals surface area contributed by atoms with Gasteiger partial charge in [0.25, 0.3) is 5.91 Å². The molecular formula is C28H26F3N5O4. The zero-order valence-electron chi connectivity index (χ0n) is 22.2. The summed E-state index contributed by atoms with van der Waals surface area (Å²) in [5, 5.41) is 4.45. The van der Waals surface area contributed by atoms with E-state index >= 15 is 0 Å². The summed E-state index contributed by atoms with van der Waals surface area (Å²) < 4.78 is 51.5. The van der Waals surface area contributed by atoms with Crippen molar-refractivity contribution in [1.29, 1.82) is 0 Å². The van der Waals surface area contributed by atoms with Gasteiger partial charge >= 0.3 is 12.1 Å². The molecule has 40 heavy (non-hydrogen) atoms. The van der Waals surface area contributed by atoms with E-state index in [0.29, 0.717) is 22.6 Å². The van der Waals surface area contributed by atoms with Crippen LogP contribution >= 0.6 is 0 Å². The molecular weight excluding hydrogens is 527 g/mol. The number of halogens is 3. The average molecular weight is 554 g/mol. The number of nitrogens with zero attached hydrogens (tertiary/aromatic N) is 5. The third kappa shape index (κ3) is 5.47. The molecule has 208 valence electrons. The van der Waals surface area contributed by atoms with Crippen LogP contribution in [0.25, 0.3) is 22.3 Å². The molecule has 0 saturated heterocycles. The normalized spacial score (nSPS) is 14.1.